The first-order chi connectivity index (χ1) is 9.97. The van der Waals surface area contributed by atoms with Crippen molar-refractivity contribution in [2.75, 3.05) is 0 Å². The maximum atomic E-state index is 6.45. The van der Waals surface area contributed by atoms with Gasteiger partial charge < -0.3 is 10.2 Å². The molecule has 2 aromatic carbocycles. The van der Waals surface area contributed by atoms with E-state index in [2.05, 4.69) is 32.9 Å². The molecule has 2 nitrogen and oxygen atoms in total. The molecule has 3 rings (SSSR count). The van der Waals surface area contributed by atoms with Gasteiger partial charge in [-0.25, -0.2) is 0 Å². The SMILES string of the molecule is Cc1cc(C)c(C(N)c2cc3cccc(Cl)c3o2)c(C)c1. The van der Waals surface area contributed by atoms with Crippen molar-refractivity contribution in [1.29, 1.82) is 0 Å². The smallest absolute Gasteiger partial charge is 0.152 e. The van der Waals surface area contributed by atoms with Gasteiger partial charge in [0.15, 0.2) is 5.58 Å². The minimum Gasteiger partial charge on any atom is -0.457 e. The summed E-state index contributed by atoms with van der Waals surface area (Å²) in [7, 11) is 0. The highest BCUT2D eigenvalue weighted by Gasteiger charge is 2.19. The van der Waals surface area contributed by atoms with E-state index in [0.29, 0.717) is 10.6 Å². The summed E-state index contributed by atoms with van der Waals surface area (Å²) < 4.78 is 5.90. The van der Waals surface area contributed by atoms with Crippen LogP contribution in [0.3, 0.4) is 0 Å². The van der Waals surface area contributed by atoms with E-state index in [1.54, 1.807) is 0 Å². The molecule has 0 aliphatic heterocycles. The van der Waals surface area contributed by atoms with Gasteiger partial charge >= 0.3 is 0 Å². The lowest BCUT2D eigenvalue weighted by Crippen LogP contribution is -2.14. The predicted molar refractivity (Wildman–Crippen MR) is 87.9 cm³/mol. The second kappa shape index (κ2) is 5.21. The molecule has 0 spiro atoms. The Morgan fingerprint density at radius 2 is 1.71 bits per heavy atom. The van der Waals surface area contributed by atoms with E-state index in [1.165, 1.54) is 16.7 Å². The van der Waals surface area contributed by atoms with E-state index in [4.69, 9.17) is 21.8 Å². The summed E-state index contributed by atoms with van der Waals surface area (Å²) >= 11 is 6.17. The topological polar surface area (TPSA) is 39.2 Å². The van der Waals surface area contributed by atoms with Gasteiger partial charge in [0, 0.05) is 5.39 Å². The van der Waals surface area contributed by atoms with Crippen LogP contribution in [0.2, 0.25) is 5.02 Å². The molecular formula is C18H18ClNO. The second-order valence-corrected chi connectivity index (χ2v) is 6.00. The van der Waals surface area contributed by atoms with Crippen molar-refractivity contribution in [2.24, 2.45) is 5.73 Å². The molecule has 1 heterocycles. The van der Waals surface area contributed by atoms with Gasteiger partial charge in [0.1, 0.15) is 5.76 Å². The minimum absolute atomic E-state index is 0.283. The third-order valence-corrected chi connectivity index (χ3v) is 4.17. The molecule has 0 saturated carbocycles. The molecule has 0 fully saturated rings. The zero-order chi connectivity index (χ0) is 15.1. The molecule has 1 atom stereocenters. The molecule has 0 saturated heterocycles. The number of fused-ring (bicyclic) bond motifs is 1. The van der Waals surface area contributed by atoms with Crippen LogP contribution >= 0.6 is 11.6 Å². The Bertz CT molecular complexity index is 796. The van der Waals surface area contributed by atoms with Crippen LogP contribution < -0.4 is 5.73 Å². The van der Waals surface area contributed by atoms with E-state index in [9.17, 15) is 0 Å². The summed E-state index contributed by atoms with van der Waals surface area (Å²) in [6.45, 7) is 6.27. The van der Waals surface area contributed by atoms with Gasteiger partial charge in [0.05, 0.1) is 11.1 Å². The zero-order valence-corrected chi connectivity index (χ0v) is 13.2. The highest BCUT2D eigenvalue weighted by Crippen LogP contribution is 2.33. The summed E-state index contributed by atoms with van der Waals surface area (Å²) in [5.74, 6) is 0.744. The summed E-state index contributed by atoms with van der Waals surface area (Å²) in [5.41, 5.74) is 11.9. The molecule has 3 heteroatoms. The Hall–Kier alpha value is -1.77. The van der Waals surface area contributed by atoms with Crippen molar-refractivity contribution in [3.05, 3.63) is 69.4 Å². The maximum absolute atomic E-state index is 6.45. The number of rotatable bonds is 2. The summed E-state index contributed by atoms with van der Waals surface area (Å²) in [4.78, 5) is 0. The van der Waals surface area contributed by atoms with Crippen molar-refractivity contribution in [2.45, 2.75) is 26.8 Å². The van der Waals surface area contributed by atoms with Crippen LogP contribution in [0.4, 0.5) is 0 Å². The molecule has 21 heavy (non-hydrogen) atoms. The van der Waals surface area contributed by atoms with Crippen LogP contribution in [0, 0.1) is 20.8 Å². The highest BCUT2D eigenvalue weighted by atomic mass is 35.5. The lowest BCUT2D eigenvalue weighted by Gasteiger charge is -2.16. The first-order valence-corrected chi connectivity index (χ1v) is 7.36. The Morgan fingerprint density at radius 1 is 1.05 bits per heavy atom. The van der Waals surface area contributed by atoms with E-state index >= 15 is 0 Å². The van der Waals surface area contributed by atoms with Crippen LogP contribution in [-0.4, -0.2) is 0 Å². The van der Waals surface area contributed by atoms with Crippen molar-refractivity contribution in [1.82, 2.24) is 0 Å². The van der Waals surface area contributed by atoms with Gasteiger partial charge in [-0.3, -0.25) is 0 Å². The van der Waals surface area contributed by atoms with E-state index in [0.717, 1.165) is 16.7 Å². The van der Waals surface area contributed by atoms with Crippen LogP contribution in [0.25, 0.3) is 11.0 Å². The number of furan rings is 1. The van der Waals surface area contributed by atoms with Crippen molar-refractivity contribution in [3.8, 4) is 0 Å². The third kappa shape index (κ3) is 2.45. The highest BCUT2D eigenvalue weighted by molar-refractivity contribution is 6.34. The molecule has 108 valence electrons. The lowest BCUT2D eigenvalue weighted by molar-refractivity contribution is 0.523. The maximum Gasteiger partial charge on any atom is 0.152 e. The molecule has 3 aromatic rings. The van der Waals surface area contributed by atoms with Crippen molar-refractivity contribution >= 4 is 22.6 Å². The van der Waals surface area contributed by atoms with Gasteiger partial charge in [-0.05, 0) is 49.6 Å². The molecule has 2 N–H and O–H groups in total. The second-order valence-electron chi connectivity index (χ2n) is 5.60. The average molecular weight is 300 g/mol. The zero-order valence-electron chi connectivity index (χ0n) is 12.4. The van der Waals surface area contributed by atoms with Crippen LogP contribution in [0.1, 0.15) is 34.1 Å². The Morgan fingerprint density at radius 3 is 2.33 bits per heavy atom. The van der Waals surface area contributed by atoms with Gasteiger partial charge in [-0.2, -0.15) is 0 Å². The van der Waals surface area contributed by atoms with E-state index < -0.39 is 0 Å². The molecule has 0 bridgehead atoms. The van der Waals surface area contributed by atoms with Gasteiger partial charge in [-0.1, -0.05) is 41.4 Å². The fourth-order valence-corrected chi connectivity index (χ4v) is 3.25. The number of nitrogens with two attached hydrogens (primary N) is 1. The lowest BCUT2D eigenvalue weighted by atomic mass is 9.93. The number of halogens is 1. The number of hydrogen-bond donors (Lipinski definition) is 1. The normalized spacial score (nSPS) is 12.8. The summed E-state index contributed by atoms with van der Waals surface area (Å²) in [6, 6.07) is 11.7. The number of benzene rings is 2. The molecule has 0 aliphatic carbocycles. The Kier molecular flexibility index (Phi) is 3.52. The third-order valence-electron chi connectivity index (χ3n) is 3.87. The van der Waals surface area contributed by atoms with Crippen LogP contribution in [0.15, 0.2) is 40.8 Å². The van der Waals surface area contributed by atoms with Crippen LogP contribution in [-0.2, 0) is 0 Å². The molecule has 1 unspecified atom stereocenters. The average Bonchev–Trinajstić information content (AvgIpc) is 2.82. The minimum atomic E-state index is -0.283. The van der Waals surface area contributed by atoms with E-state index in [1.807, 2.05) is 24.3 Å². The van der Waals surface area contributed by atoms with Crippen molar-refractivity contribution in [3.63, 3.8) is 0 Å². The van der Waals surface area contributed by atoms with Crippen molar-refractivity contribution < 1.29 is 4.42 Å². The molecule has 0 radical (unpaired) electrons. The monoisotopic (exact) mass is 299 g/mol. The molecular weight excluding hydrogens is 282 g/mol. The first kappa shape index (κ1) is 14.2. The Balaban J connectivity index is 2.12. The predicted octanol–water partition coefficient (Wildman–Crippen LogP) is 5.06. The largest absolute Gasteiger partial charge is 0.457 e. The standard InChI is InChI=1S/C18H18ClNO/c1-10-7-11(2)16(12(3)8-10)17(20)15-9-13-5-4-6-14(19)18(13)21-15/h4-9,17H,20H2,1-3H3. The first-order valence-electron chi connectivity index (χ1n) is 6.98. The Labute approximate surface area is 129 Å². The van der Waals surface area contributed by atoms with E-state index in [-0.39, 0.29) is 6.04 Å². The summed E-state index contributed by atoms with van der Waals surface area (Å²) in [5, 5.41) is 1.60. The molecule has 0 amide bonds. The molecule has 1 aromatic heterocycles. The van der Waals surface area contributed by atoms with Gasteiger partial charge in [0.2, 0.25) is 0 Å². The quantitative estimate of drug-likeness (QED) is 0.718. The molecule has 0 aliphatic rings. The number of para-hydroxylation sites is 1. The fraction of sp³-hybridized carbons (Fsp3) is 0.222. The van der Waals surface area contributed by atoms with Crippen LogP contribution in [0.5, 0.6) is 0 Å². The number of aryl methyl sites for hydroxylation is 3. The number of hydrogen-bond acceptors (Lipinski definition) is 2. The summed E-state index contributed by atoms with van der Waals surface area (Å²) in [6.07, 6.45) is 0. The van der Waals surface area contributed by atoms with Gasteiger partial charge in [-0.15, -0.1) is 0 Å². The fourth-order valence-electron chi connectivity index (χ4n) is 3.02. The van der Waals surface area contributed by atoms with Gasteiger partial charge in [0.25, 0.3) is 0 Å².